The van der Waals surface area contributed by atoms with Crippen LogP contribution in [0.2, 0.25) is 0 Å². The number of rotatable bonds is 9. The summed E-state index contributed by atoms with van der Waals surface area (Å²) in [6.07, 6.45) is 5.42. The van der Waals surface area contributed by atoms with Gasteiger partial charge in [-0.2, -0.15) is 0 Å². The predicted molar refractivity (Wildman–Crippen MR) is 111 cm³/mol. The molecule has 0 saturated carbocycles. The molecule has 1 aromatic carbocycles. The molecule has 1 heterocycles. The third-order valence-corrected chi connectivity index (χ3v) is 4.78. The summed E-state index contributed by atoms with van der Waals surface area (Å²) in [6.45, 7) is 6.27. The van der Waals surface area contributed by atoms with E-state index in [-0.39, 0.29) is 5.97 Å². The van der Waals surface area contributed by atoms with Crippen molar-refractivity contribution in [1.82, 2.24) is 15.0 Å². The van der Waals surface area contributed by atoms with Crippen molar-refractivity contribution < 1.29 is 9.53 Å². The third kappa shape index (κ3) is 4.81. The van der Waals surface area contributed by atoms with E-state index in [4.69, 9.17) is 4.74 Å². The smallest absolute Gasteiger partial charge is 0.334 e. The Kier molecular flexibility index (Phi) is 8.25. The summed E-state index contributed by atoms with van der Waals surface area (Å²) in [7, 11) is 1.43. The average molecular weight is 382 g/mol. The van der Waals surface area contributed by atoms with E-state index >= 15 is 0 Å². The van der Waals surface area contributed by atoms with E-state index < -0.39 is 5.54 Å². The lowest BCUT2D eigenvalue weighted by Crippen LogP contribution is -2.46. The fourth-order valence-corrected chi connectivity index (χ4v) is 3.48. The molecule has 0 radical (unpaired) electrons. The molecule has 0 aliphatic rings. The number of aryl methyl sites for hydroxylation is 1. The molecule has 0 aliphatic heterocycles. The first-order chi connectivity index (χ1) is 13.6. The quantitative estimate of drug-likeness (QED) is 0.480. The van der Waals surface area contributed by atoms with Crippen LogP contribution in [0.15, 0.2) is 30.3 Å². The van der Waals surface area contributed by atoms with Crippen molar-refractivity contribution in [3.05, 3.63) is 47.3 Å². The van der Waals surface area contributed by atoms with E-state index in [1.54, 1.807) is 4.68 Å². The first-order valence-electron chi connectivity index (χ1n) is 10.2. The summed E-state index contributed by atoms with van der Waals surface area (Å²) in [4.78, 5) is 13.1. The first-order valence-corrected chi connectivity index (χ1v) is 10.2. The van der Waals surface area contributed by atoms with Gasteiger partial charge in [0.25, 0.3) is 0 Å². The molecule has 0 spiro atoms. The molecule has 0 amide bonds. The van der Waals surface area contributed by atoms with Gasteiger partial charge in [-0.15, -0.1) is 5.10 Å². The van der Waals surface area contributed by atoms with Gasteiger partial charge >= 0.3 is 5.97 Å². The standard InChI is InChI=1S/C23H31N3O2/c1-5-8-10-16-21-20(13-6-2)24-25-26(21)23(17-7-3,22(27)28-4)18-19-14-11-9-12-15-19/h9,11-12,14-15H,5-8,13,17-18H2,1-4H3. The molecule has 1 aromatic heterocycles. The van der Waals surface area contributed by atoms with Gasteiger partial charge in [0.2, 0.25) is 0 Å². The number of methoxy groups -OCH3 is 1. The van der Waals surface area contributed by atoms with Gasteiger partial charge in [0.1, 0.15) is 5.69 Å². The number of ether oxygens (including phenoxy) is 1. The minimum atomic E-state index is -0.958. The second-order valence-electron chi connectivity index (χ2n) is 7.03. The zero-order valence-corrected chi connectivity index (χ0v) is 17.5. The molecule has 150 valence electrons. The van der Waals surface area contributed by atoms with Crippen LogP contribution in [0.1, 0.15) is 69.8 Å². The molecule has 0 saturated heterocycles. The number of aromatic nitrogens is 3. The fraction of sp³-hybridized carbons (Fsp3) is 0.522. The highest BCUT2D eigenvalue weighted by Crippen LogP contribution is 2.31. The van der Waals surface area contributed by atoms with E-state index in [1.807, 2.05) is 30.3 Å². The number of benzene rings is 1. The Morgan fingerprint density at radius 2 is 1.89 bits per heavy atom. The van der Waals surface area contributed by atoms with Crippen LogP contribution in [-0.2, 0) is 27.9 Å². The van der Waals surface area contributed by atoms with E-state index in [2.05, 4.69) is 42.9 Å². The van der Waals surface area contributed by atoms with Gasteiger partial charge in [-0.1, -0.05) is 75.1 Å². The summed E-state index contributed by atoms with van der Waals surface area (Å²) in [5.41, 5.74) is 1.69. The molecule has 0 fully saturated rings. The Balaban J connectivity index is 2.65. The summed E-state index contributed by atoms with van der Waals surface area (Å²) in [6, 6.07) is 9.99. The molecule has 0 aliphatic carbocycles. The predicted octanol–water partition coefficient (Wildman–Crippen LogP) is 4.29. The topological polar surface area (TPSA) is 57.0 Å². The number of hydrogen-bond acceptors (Lipinski definition) is 4. The van der Waals surface area contributed by atoms with Gasteiger partial charge in [0.05, 0.1) is 12.8 Å². The maximum atomic E-state index is 13.1. The molecule has 1 atom stereocenters. The van der Waals surface area contributed by atoms with Gasteiger partial charge < -0.3 is 4.74 Å². The minimum absolute atomic E-state index is 0.301. The Morgan fingerprint density at radius 1 is 1.14 bits per heavy atom. The lowest BCUT2D eigenvalue weighted by Gasteiger charge is -2.31. The number of carbonyl (C=O) groups excluding carboxylic acids is 1. The van der Waals surface area contributed by atoms with Crippen LogP contribution in [0.3, 0.4) is 0 Å². The monoisotopic (exact) mass is 381 g/mol. The molecule has 5 heteroatoms. The van der Waals surface area contributed by atoms with Crippen LogP contribution in [-0.4, -0.2) is 28.1 Å². The molecular weight excluding hydrogens is 350 g/mol. The van der Waals surface area contributed by atoms with E-state index in [1.165, 1.54) is 7.11 Å². The number of hydrogen-bond donors (Lipinski definition) is 0. The summed E-state index contributed by atoms with van der Waals surface area (Å²) in [5, 5.41) is 8.83. The number of unbranched alkanes of at least 4 members (excludes halogenated alkanes) is 1. The second kappa shape index (κ2) is 10.7. The van der Waals surface area contributed by atoms with Crippen molar-refractivity contribution in [2.75, 3.05) is 7.11 Å². The Morgan fingerprint density at radius 3 is 2.50 bits per heavy atom. The van der Waals surface area contributed by atoms with Crippen molar-refractivity contribution >= 4 is 5.97 Å². The van der Waals surface area contributed by atoms with Crippen LogP contribution < -0.4 is 0 Å². The van der Waals surface area contributed by atoms with Crippen LogP contribution in [0.4, 0.5) is 0 Å². The second-order valence-corrected chi connectivity index (χ2v) is 7.03. The third-order valence-electron chi connectivity index (χ3n) is 4.78. The van der Waals surface area contributed by atoms with Crippen LogP contribution in [0.5, 0.6) is 0 Å². The lowest BCUT2D eigenvalue weighted by molar-refractivity contribution is -0.152. The van der Waals surface area contributed by atoms with Crippen LogP contribution in [0, 0.1) is 11.8 Å². The van der Waals surface area contributed by atoms with E-state index in [0.717, 1.165) is 49.1 Å². The Bertz CT molecular complexity index is 817. The number of esters is 1. The Hall–Kier alpha value is -2.61. The molecule has 2 rings (SSSR count). The summed E-state index contributed by atoms with van der Waals surface area (Å²) in [5.74, 6) is 6.16. The molecule has 5 nitrogen and oxygen atoms in total. The molecule has 0 N–H and O–H groups in total. The lowest BCUT2D eigenvalue weighted by atomic mass is 9.86. The minimum Gasteiger partial charge on any atom is -0.467 e. The maximum Gasteiger partial charge on any atom is 0.334 e. The van der Waals surface area contributed by atoms with Gasteiger partial charge in [0.15, 0.2) is 5.54 Å². The van der Waals surface area contributed by atoms with Crippen LogP contribution >= 0.6 is 0 Å². The molecule has 2 aromatic rings. The van der Waals surface area contributed by atoms with Crippen molar-refractivity contribution in [1.29, 1.82) is 0 Å². The zero-order valence-electron chi connectivity index (χ0n) is 17.5. The number of nitrogens with zero attached hydrogens (tertiary/aromatic N) is 3. The van der Waals surface area contributed by atoms with Crippen molar-refractivity contribution in [3.8, 4) is 11.8 Å². The van der Waals surface area contributed by atoms with Gasteiger partial charge in [0, 0.05) is 12.8 Å². The average Bonchev–Trinajstić information content (AvgIpc) is 3.11. The highest BCUT2D eigenvalue weighted by Gasteiger charge is 2.44. The summed E-state index contributed by atoms with van der Waals surface area (Å²) < 4.78 is 7.01. The highest BCUT2D eigenvalue weighted by atomic mass is 16.5. The normalized spacial score (nSPS) is 12.7. The Labute approximate surface area is 168 Å². The molecule has 28 heavy (non-hydrogen) atoms. The van der Waals surface area contributed by atoms with Crippen molar-refractivity contribution in [3.63, 3.8) is 0 Å². The van der Waals surface area contributed by atoms with E-state index in [9.17, 15) is 4.79 Å². The maximum absolute atomic E-state index is 13.1. The van der Waals surface area contributed by atoms with Gasteiger partial charge in [-0.3, -0.25) is 0 Å². The van der Waals surface area contributed by atoms with Crippen molar-refractivity contribution in [2.45, 2.75) is 71.3 Å². The van der Waals surface area contributed by atoms with E-state index in [0.29, 0.717) is 12.8 Å². The fourth-order valence-electron chi connectivity index (χ4n) is 3.48. The summed E-state index contributed by atoms with van der Waals surface area (Å²) >= 11 is 0. The molecular formula is C23H31N3O2. The number of carbonyl (C=O) groups is 1. The molecule has 1 unspecified atom stereocenters. The van der Waals surface area contributed by atoms with Crippen LogP contribution in [0.25, 0.3) is 0 Å². The molecule has 0 bridgehead atoms. The SMILES string of the molecule is CCCC#Cc1c(CCC)nnn1C(CCC)(Cc1ccccc1)C(=O)OC. The van der Waals surface area contributed by atoms with Crippen molar-refractivity contribution in [2.24, 2.45) is 0 Å². The zero-order chi connectivity index (χ0) is 20.4. The largest absolute Gasteiger partial charge is 0.467 e. The highest BCUT2D eigenvalue weighted by molar-refractivity contribution is 5.79. The van der Waals surface area contributed by atoms with Gasteiger partial charge in [-0.25, -0.2) is 9.48 Å². The first kappa shape index (κ1) is 21.7. The van der Waals surface area contributed by atoms with Gasteiger partial charge in [-0.05, 0) is 30.7 Å².